The van der Waals surface area contributed by atoms with Crippen LogP contribution in [0.25, 0.3) is 6.08 Å². The monoisotopic (exact) mass is 364 g/mol. The van der Waals surface area contributed by atoms with Gasteiger partial charge in [0.1, 0.15) is 11.5 Å². The van der Waals surface area contributed by atoms with Crippen molar-refractivity contribution in [1.82, 2.24) is 9.88 Å². The third kappa shape index (κ3) is 3.60. The maximum Gasteiger partial charge on any atom is 0.231 e. The number of likely N-dealkylation sites (tertiary alicyclic amines) is 1. The van der Waals surface area contributed by atoms with Crippen molar-refractivity contribution in [2.24, 2.45) is 11.8 Å². The second kappa shape index (κ2) is 7.16. The topological polar surface area (TPSA) is 62.7 Å². The Balaban J connectivity index is 1.64. The van der Waals surface area contributed by atoms with Crippen LogP contribution >= 0.6 is 0 Å². The number of allylic oxidation sites excluding steroid dienone is 1. The normalized spacial score (nSPS) is 24.1. The first kappa shape index (κ1) is 17.7. The Bertz CT molecular complexity index is 882. The fourth-order valence-electron chi connectivity index (χ4n) is 4.21. The van der Waals surface area contributed by atoms with Gasteiger partial charge in [-0.25, -0.2) is 0 Å². The second-order valence-corrected chi connectivity index (χ2v) is 7.81. The van der Waals surface area contributed by atoms with Crippen molar-refractivity contribution in [3.05, 3.63) is 59.1 Å². The third-order valence-corrected chi connectivity index (χ3v) is 5.22. The van der Waals surface area contributed by atoms with Gasteiger partial charge in [0.2, 0.25) is 5.78 Å². The number of ketones is 1. The number of nitrogens with zero attached hydrogens (tertiary/aromatic N) is 2. The Hall–Kier alpha value is -2.66. The van der Waals surface area contributed by atoms with Crippen molar-refractivity contribution in [3.8, 4) is 11.5 Å². The van der Waals surface area contributed by atoms with Gasteiger partial charge in [-0.15, -0.1) is 0 Å². The van der Waals surface area contributed by atoms with Gasteiger partial charge in [-0.3, -0.25) is 14.7 Å². The molecule has 2 aromatic rings. The number of hydrogen-bond donors (Lipinski definition) is 1. The highest BCUT2D eigenvalue weighted by Crippen LogP contribution is 2.40. The van der Waals surface area contributed by atoms with Crippen molar-refractivity contribution >= 4 is 11.9 Å². The highest BCUT2D eigenvalue weighted by molar-refractivity contribution is 6.14. The molecule has 5 heteroatoms. The first-order chi connectivity index (χ1) is 13.0. The van der Waals surface area contributed by atoms with Crippen molar-refractivity contribution in [1.29, 1.82) is 0 Å². The number of phenols is 1. The van der Waals surface area contributed by atoms with E-state index < -0.39 is 0 Å². The molecule has 2 atom stereocenters. The fourth-order valence-corrected chi connectivity index (χ4v) is 4.21. The average molecular weight is 364 g/mol. The van der Waals surface area contributed by atoms with Crippen LogP contribution in [0.5, 0.6) is 11.5 Å². The summed E-state index contributed by atoms with van der Waals surface area (Å²) in [6.45, 7) is 7.07. The lowest BCUT2D eigenvalue weighted by molar-refractivity contribution is 0.101. The number of ether oxygens (including phenoxy) is 1. The van der Waals surface area contributed by atoms with Crippen molar-refractivity contribution in [2.45, 2.75) is 26.8 Å². The van der Waals surface area contributed by atoms with E-state index in [9.17, 15) is 9.90 Å². The minimum Gasteiger partial charge on any atom is -0.507 e. The summed E-state index contributed by atoms with van der Waals surface area (Å²) >= 11 is 0. The molecule has 2 aliphatic heterocycles. The van der Waals surface area contributed by atoms with Gasteiger partial charge in [0.25, 0.3) is 0 Å². The van der Waals surface area contributed by atoms with E-state index in [1.165, 1.54) is 6.42 Å². The Morgan fingerprint density at radius 3 is 2.74 bits per heavy atom. The van der Waals surface area contributed by atoms with E-state index in [0.29, 0.717) is 35.3 Å². The predicted octanol–water partition coefficient (Wildman–Crippen LogP) is 3.88. The summed E-state index contributed by atoms with van der Waals surface area (Å²) in [5.41, 5.74) is 2.01. The molecule has 0 bridgehead atoms. The van der Waals surface area contributed by atoms with E-state index >= 15 is 0 Å². The lowest BCUT2D eigenvalue weighted by Crippen LogP contribution is -2.38. The van der Waals surface area contributed by atoms with Gasteiger partial charge in [0.05, 0.1) is 11.1 Å². The van der Waals surface area contributed by atoms with Crippen LogP contribution in [-0.4, -0.2) is 33.9 Å². The maximum atomic E-state index is 12.8. The van der Waals surface area contributed by atoms with Crippen molar-refractivity contribution in [3.63, 3.8) is 0 Å². The van der Waals surface area contributed by atoms with Gasteiger partial charge in [0.15, 0.2) is 5.76 Å². The quantitative estimate of drug-likeness (QED) is 0.838. The van der Waals surface area contributed by atoms with E-state index in [-0.39, 0.29) is 17.3 Å². The number of Topliss-reactive ketones (excluding diaryl/α,β-unsaturated/α-hetero) is 1. The average Bonchev–Trinajstić information content (AvgIpc) is 2.94. The molecule has 1 N–H and O–H groups in total. The Morgan fingerprint density at radius 2 is 2.04 bits per heavy atom. The zero-order chi connectivity index (χ0) is 19.0. The lowest BCUT2D eigenvalue weighted by atomic mass is 9.91. The van der Waals surface area contributed by atoms with Gasteiger partial charge in [-0.1, -0.05) is 19.9 Å². The Labute approximate surface area is 159 Å². The number of aromatic nitrogens is 1. The molecule has 0 amide bonds. The first-order valence-corrected chi connectivity index (χ1v) is 9.42. The molecule has 1 aromatic heterocycles. The Morgan fingerprint density at radius 1 is 1.26 bits per heavy atom. The zero-order valence-corrected chi connectivity index (χ0v) is 15.7. The van der Waals surface area contributed by atoms with Crippen LogP contribution in [0.1, 0.15) is 41.8 Å². The Kier molecular flexibility index (Phi) is 4.70. The number of piperidine rings is 1. The number of carbonyl (C=O) groups is 1. The molecule has 27 heavy (non-hydrogen) atoms. The smallest absolute Gasteiger partial charge is 0.231 e. The van der Waals surface area contributed by atoms with E-state index in [0.717, 1.165) is 18.7 Å². The highest BCUT2D eigenvalue weighted by Gasteiger charge is 2.32. The van der Waals surface area contributed by atoms with Crippen molar-refractivity contribution < 1.29 is 14.6 Å². The second-order valence-electron chi connectivity index (χ2n) is 7.81. The molecule has 3 heterocycles. The van der Waals surface area contributed by atoms with Gasteiger partial charge in [0, 0.05) is 32.0 Å². The molecule has 0 spiro atoms. The molecule has 4 rings (SSSR count). The standard InChI is InChI=1S/C22H24N2O3/c1-14-8-15(2)12-24(11-14)13-18-19(25)6-5-17-21(26)20(27-22(17)18)9-16-4-3-7-23-10-16/h3-7,9-10,14-15,25H,8,11-13H2,1-2H3/b20-9-/t14-,15-/m0/s1. The molecule has 5 nitrogen and oxygen atoms in total. The van der Waals surface area contributed by atoms with Gasteiger partial charge >= 0.3 is 0 Å². The highest BCUT2D eigenvalue weighted by atomic mass is 16.5. The maximum absolute atomic E-state index is 12.8. The molecule has 1 saturated heterocycles. The van der Waals surface area contributed by atoms with Crippen LogP contribution in [0.2, 0.25) is 0 Å². The number of rotatable bonds is 3. The summed E-state index contributed by atoms with van der Waals surface area (Å²) < 4.78 is 5.93. The summed E-state index contributed by atoms with van der Waals surface area (Å²) in [4.78, 5) is 19.2. The summed E-state index contributed by atoms with van der Waals surface area (Å²) in [7, 11) is 0. The molecule has 0 radical (unpaired) electrons. The number of fused-ring (bicyclic) bond motifs is 1. The number of benzene rings is 1. The molecule has 0 aliphatic carbocycles. The molecule has 0 saturated carbocycles. The zero-order valence-electron chi connectivity index (χ0n) is 15.7. The number of hydrogen-bond acceptors (Lipinski definition) is 5. The van der Waals surface area contributed by atoms with Crippen molar-refractivity contribution in [2.75, 3.05) is 13.1 Å². The molecule has 0 unspecified atom stereocenters. The summed E-state index contributed by atoms with van der Waals surface area (Å²) in [5, 5.41) is 10.5. The van der Waals surface area contributed by atoms with Crippen LogP contribution in [0, 0.1) is 11.8 Å². The van der Waals surface area contributed by atoms with E-state index in [1.54, 1.807) is 30.6 Å². The minimum atomic E-state index is -0.157. The first-order valence-electron chi connectivity index (χ1n) is 9.42. The van der Waals surface area contributed by atoms with E-state index in [4.69, 9.17) is 4.74 Å². The molecule has 140 valence electrons. The van der Waals surface area contributed by atoms with E-state index in [1.807, 2.05) is 12.1 Å². The number of pyridine rings is 1. The van der Waals surface area contributed by atoms with Crippen LogP contribution < -0.4 is 4.74 Å². The van der Waals surface area contributed by atoms with Crippen LogP contribution in [0.15, 0.2) is 42.4 Å². The minimum absolute atomic E-state index is 0.157. The molecular weight excluding hydrogens is 340 g/mol. The van der Waals surface area contributed by atoms with Crippen LogP contribution in [0.4, 0.5) is 0 Å². The number of phenolic OH excluding ortho intramolecular Hbond substituents is 1. The van der Waals surface area contributed by atoms with Gasteiger partial charge < -0.3 is 9.84 Å². The molecular formula is C22H24N2O3. The predicted molar refractivity (Wildman–Crippen MR) is 104 cm³/mol. The molecule has 2 aliphatic rings. The number of aromatic hydroxyl groups is 1. The van der Waals surface area contributed by atoms with E-state index in [2.05, 4.69) is 23.7 Å². The number of carbonyl (C=O) groups excluding carboxylic acids is 1. The summed E-state index contributed by atoms with van der Waals surface area (Å²) in [6.07, 6.45) is 6.29. The summed E-state index contributed by atoms with van der Waals surface area (Å²) in [6, 6.07) is 6.92. The molecule has 1 aromatic carbocycles. The third-order valence-electron chi connectivity index (χ3n) is 5.22. The lowest BCUT2D eigenvalue weighted by Gasteiger charge is -2.35. The SMILES string of the molecule is C[C@H]1C[C@H](C)CN(Cc2c(O)ccc3c2O/C(=C\c2cccnc2)C3=O)C1. The summed E-state index contributed by atoms with van der Waals surface area (Å²) in [5.74, 6) is 2.02. The van der Waals surface area contributed by atoms with Gasteiger partial charge in [-0.2, -0.15) is 0 Å². The fraction of sp³-hybridized carbons (Fsp3) is 0.364. The van der Waals surface area contributed by atoms with Crippen LogP contribution in [0.3, 0.4) is 0 Å². The van der Waals surface area contributed by atoms with Gasteiger partial charge in [-0.05, 0) is 48.1 Å². The van der Waals surface area contributed by atoms with Crippen LogP contribution in [-0.2, 0) is 6.54 Å². The largest absolute Gasteiger partial charge is 0.507 e. The molecule has 1 fully saturated rings.